The third kappa shape index (κ3) is 5.61. The molecule has 44 heavy (non-hydrogen) atoms. The largest absolute Gasteiger partial charge is 0.439 e. The van der Waals surface area contributed by atoms with E-state index in [9.17, 15) is 9.59 Å². The van der Waals surface area contributed by atoms with Crippen LogP contribution in [0, 0.1) is 13.8 Å². The Morgan fingerprint density at radius 3 is 2.32 bits per heavy atom. The van der Waals surface area contributed by atoms with Gasteiger partial charge in [0.25, 0.3) is 5.91 Å². The Hall–Kier alpha value is -5.17. The molecule has 2 N–H and O–H groups in total. The molecule has 1 atom stereocenters. The highest BCUT2D eigenvalue weighted by atomic mass is 16.5. The van der Waals surface area contributed by atoms with E-state index in [0.717, 1.165) is 38.7 Å². The average molecular weight is 585 g/mol. The molecule has 4 aromatic carbocycles. The smallest absolute Gasteiger partial charge is 0.346 e. The lowest BCUT2D eigenvalue weighted by Gasteiger charge is -2.16. The molecule has 6 rings (SSSR count). The maximum absolute atomic E-state index is 13.3. The Labute approximate surface area is 256 Å². The molecule has 7 heteroatoms. The number of H-pyrrole nitrogens is 1. The molecular weight excluding hydrogens is 548 g/mol. The number of rotatable bonds is 8. The van der Waals surface area contributed by atoms with Crippen LogP contribution in [-0.2, 0) is 6.54 Å². The van der Waals surface area contributed by atoms with Crippen molar-refractivity contribution in [3.8, 4) is 22.5 Å². The molecule has 0 saturated carbocycles. The maximum Gasteiger partial charge on any atom is 0.439 e. The summed E-state index contributed by atoms with van der Waals surface area (Å²) in [4.78, 5) is 27.5. The molecule has 2 aromatic heterocycles. The number of aromatic amines is 1. The first-order valence-electron chi connectivity index (χ1n) is 14.9. The van der Waals surface area contributed by atoms with E-state index in [4.69, 9.17) is 4.52 Å². The average Bonchev–Trinajstić information content (AvgIpc) is 3.57. The molecule has 1 amide bonds. The molecule has 0 fully saturated rings. The van der Waals surface area contributed by atoms with Crippen LogP contribution in [-0.4, -0.2) is 20.6 Å². The SMILES string of the molecule is Cc1c(C)n(Cc2ccc(-c3ccccc3-c3noc(=O)[nH]3)cc2)c2ccc(C(=O)NC(C)c3cccc(C(C)C)c3)cc12. The van der Waals surface area contributed by atoms with Crippen LogP contribution >= 0.6 is 0 Å². The zero-order chi connectivity index (χ0) is 31.0. The number of aromatic nitrogens is 3. The monoisotopic (exact) mass is 584 g/mol. The fraction of sp³-hybridized carbons (Fsp3) is 0.216. The molecular formula is C37H36N4O3. The number of fused-ring (bicyclic) bond motifs is 1. The molecule has 2 heterocycles. The Bertz CT molecular complexity index is 2030. The summed E-state index contributed by atoms with van der Waals surface area (Å²) in [6.45, 7) is 11.3. The standard InChI is InChI=1S/C37H36N4O3/c1-22(2)28-9-8-10-29(19-28)24(4)38-36(42)30-17-18-34-33(20-30)23(3)25(5)41(34)21-26-13-15-27(16-14-26)31-11-6-7-12-32(31)35-39-37(43)44-40-35/h6-20,22,24H,21H2,1-5H3,(H,38,42)(H,39,40,43). The van der Waals surface area contributed by atoms with Gasteiger partial charge in [-0.05, 0) is 78.3 Å². The van der Waals surface area contributed by atoms with Gasteiger partial charge < -0.3 is 9.88 Å². The Morgan fingerprint density at radius 2 is 1.61 bits per heavy atom. The van der Waals surface area contributed by atoms with Gasteiger partial charge in [0.1, 0.15) is 0 Å². The topological polar surface area (TPSA) is 92.9 Å². The van der Waals surface area contributed by atoms with Gasteiger partial charge in [0, 0.05) is 34.3 Å². The maximum atomic E-state index is 13.3. The van der Waals surface area contributed by atoms with Crippen molar-refractivity contribution < 1.29 is 9.32 Å². The molecule has 0 bridgehead atoms. The van der Waals surface area contributed by atoms with Crippen LogP contribution in [0.1, 0.15) is 71.0 Å². The van der Waals surface area contributed by atoms with E-state index in [1.165, 1.54) is 16.8 Å². The van der Waals surface area contributed by atoms with E-state index >= 15 is 0 Å². The zero-order valence-electron chi connectivity index (χ0n) is 25.6. The summed E-state index contributed by atoms with van der Waals surface area (Å²) in [5, 5.41) is 8.13. The van der Waals surface area contributed by atoms with Crippen molar-refractivity contribution in [2.45, 2.75) is 53.1 Å². The number of hydrogen-bond acceptors (Lipinski definition) is 4. The highest BCUT2D eigenvalue weighted by Crippen LogP contribution is 2.31. The fourth-order valence-corrected chi connectivity index (χ4v) is 5.81. The van der Waals surface area contributed by atoms with Crippen molar-refractivity contribution in [1.29, 1.82) is 0 Å². The van der Waals surface area contributed by atoms with E-state index in [1.54, 1.807) is 0 Å². The van der Waals surface area contributed by atoms with Crippen LogP contribution in [0.5, 0.6) is 0 Å². The van der Waals surface area contributed by atoms with Gasteiger partial charge >= 0.3 is 5.76 Å². The molecule has 0 radical (unpaired) electrons. The Balaban J connectivity index is 1.23. The number of amides is 1. The number of hydrogen-bond donors (Lipinski definition) is 2. The minimum Gasteiger partial charge on any atom is -0.346 e. The molecule has 6 aromatic rings. The number of benzene rings is 4. The molecule has 0 saturated heterocycles. The van der Waals surface area contributed by atoms with Crippen molar-refractivity contribution in [3.05, 3.63) is 135 Å². The van der Waals surface area contributed by atoms with Crippen molar-refractivity contribution >= 4 is 16.8 Å². The van der Waals surface area contributed by atoms with E-state index in [1.807, 2.05) is 43.3 Å². The lowest BCUT2D eigenvalue weighted by Crippen LogP contribution is -2.26. The summed E-state index contributed by atoms with van der Waals surface area (Å²) in [5.74, 6) is 0.180. The predicted molar refractivity (Wildman–Crippen MR) is 175 cm³/mol. The van der Waals surface area contributed by atoms with Gasteiger partial charge in [-0.2, -0.15) is 0 Å². The first kappa shape index (κ1) is 28.9. The number of carbonyl (C=O) groups excluding carboxylic acids is 1. The summed E-state index contributed by atoms with van der Waals surface area (Å²) in [6, 6.07) is 30.5. The molecule has 0 aliphatic rings. The van der Waals surface area contributed by atoms with Crippen LogP contribution in [0.2, 0.25) is 0 Å². The van der Waals surface area contributed by atoms with Gasteiger partial charge in [-0.15, -0.1) is 0 Å². The summed E-state index contributed by atoms with van der Waals surface area (Å²) in [5.41, 5.74) is 10.4. The van der Waals surface area contributed by atoms with Gasteiger partial charge in [0.05, 0.1) is 6.04 Å². The minimum atomic E-state index is -0.579. The first-order chi connectivity index (χ1) is 21.2. The number of nitrogens with zero attached hydrogens (tertiary/aromatic N) is 2. The fourth-order valence-electron chi connectivity index (χ4n) is 5.81. The Morgan fingerprint density at radius 1 is 0.886 bits per heavy atom. The van der Waals surface area contributed by atoms with Gasteiger partial charge in [-0.1, -0.05) is 91.8 Å². The van der Waals surface area contributed by atoms with Crippen molar-refractivity contribution in [1.82, 2.24) is 20.0 Å². The lowest BCUT2D eigenvalue weighted by molar-refractivity contribution is 0.0940. The summed E-state index contributed by atoms with van der Waals surface area (Å²) >= 11 is 0. The number of nitrogens with one attached hydrogen (secondary N) is 2. The quantitative estimate of drug-likeness (QED) is 0.190. The van der Waals surface area contributed by atoms with Crippen LogP contribution in [0.3, 0.4) is 0 Å². The molecule has 0 aliphatic carbocycles. The van der Waals surface area contributed by atoms with Crippen LogP contribution < -0.4 is 11.1 Å². The van der Waals surface area contributed by atoms with Crippen LogP contribution in [0.25, 0.3) is 33.4 Å². The first-order valence-corrected chi connectivity index (χ1v) is 14.9. The number of aryl methyl sites for hydroxylation is 1. The van der Waals surface area contributed by atoms with E-state index in [0.29, 0.717) is 23.9 Å². The van der Waals surface area contributed by atoms with Gasteiger partial charge in [-0.3, -0.25) is 14.3 Å². The summed E-state index contributed by atoms with van der Waals surface area (Å²) < 4.78 is 7.02. The molecule has 0 spiro atoms. The lowest BCUT2D eigenvalue weighted by atomic mass is 9.98. The van der Waals surface area contributed by atoms with Crippen molar-refractivity contribution in [2.75, 3.05) is 0 Å². The van der Waals surface area contributed by atoms with E-state index in [-0.39, 0.29) is 11.9 Å². The molecule has 7 nitrogen and oxygen atoms in total. The predicted octanol–water partition coefficient (Wildman–Crippen LogP) is 7.93. The van der Waals surface area contributed by atoms with Crippen molar-refractivity contribution in [2.24, 2.45) is 0 Å². The minimum absolute atomic E-state index is 0.0790. The Kier molecular flexibility index (Phi) is 7.78. The van der Waals surface area contributed by atoms with Gasteiger partial charge in [-0.25, -0.2) is 4.79 Å². The van der Waals surface area contributed by atoms with Crippen LogP contribution in [0.4, 0.5) is 0 Å². The third-order valence-electron chi connectivity index (χ3n) is 8.55. The molecule has 222 valence electrons. The normalized spacial score (nSPS) is 12.1. The molecule has 0 aliphatic heterocycles. The second-order valence-electron chi connectivity index (χ2n) is 11.7. The third-order valence-corrected chi connectivity index (χ3v) is 8.55. The van der Waals surface area contributed by atoms with Crippen LogP contribution in [0.15, 0.2) is 100 Å². The second-order valence-corrected chi connectivity index (χ2v) is 11.7. The zero-order valence-corrected chi connectivity index (χ0v) is 25.6. The molecule has 1 unspecified atom stereocenters. The van der Waals surface area contributed by atoms with E-state index in [2.05, 4.69) is 102 Å². The van der Waals surface area contributed by atoms with Crippen molar-refractivity contribution in [3.63, 3.8) is 0 Å². The highest BCUT2D eigenvalue weighted by Gasteiger charge is 2.17. The summed E-state index contributed by atoms with van der Waals surface area (Å²) in [6.07, 6.45) is 0. The second kappa shape index (κ2) is 11.8. The summed E-state index contributed by atoms with van der Waals surface area (Å²) in [7, 11) is 0. The number of carbonyl (C=O) groups is 1. The highest BCUT2D eigenvalue weighted by molar-refractivity contribution is 5.99. The van der Waals surface area contributed by atoms with E-state index < -0.39 is 5.76 Å². The van der Waals surface area contributed by atoms with Gasteiger partial charge in [0.15, 0.2) is 5.82 Å². The van der Waals surface area contributed by atoms with Gasteiger partial charge in [0.2, 0.25) is 0 Å².